The fourth-order valence-electron chi connectivity index (χ4n) is 1.60. The van der Waals surface area contributed by atoms with Crippen LogP contribution in [0.15, 0.2) is 30.2 Å². The van der Waals surface area contributed by atoms with E-state index in [-0.39, 0.29) is 11.9 Å². The Balaban J connectivity index is 2.44. The van der Waals surface area contributed by atoms with Gasteiger partial charge in [-0.2, -0.15) is 0 Å². The second kappa shape index (κ2) is 8.03. The fraction of sp³-hybridized carbons (Fsp3) is 0.462. The van der Waals surface area contributed by atoms with Gasteiger partial charge in [0.1, 0.15) is 0 Å². The van der Waals surface area contributed by atoms with Crippen LogP contribution < -0.4 is 10.6 Å². The van der Waals surface area contributed by atoms with Crippen molar-refractivity contribution >= 4 is 17.2 Å². The number of hydrogen-bond acceptors (Lipinski definition) is 3. The summed E-state index contributed by atoms with van der Waals surface area (Å²) >= 11 is 1.69. The first-order valence-electron chi connectivity index (χ1n) is 5.92. The van der Waals surface area contributed by atoms with Gasteiger partial charge in [-0.05, 0) is 17.9 Å². The minimum atomic E-state index is 0.0405. The molecule has 0 saturated carbocycles. The van der Waals surface area contributed by atoms with Gasteiger partial charge in [-0.15, -0.1) is 17.9 Å². The monoisotopic (exact) mass is 252 g/mol. The van der Waals surface area contributed by atoms with Crippen LogP contribution in [0, 0.1) is 0 Å². The molecule has 0 bridgehead atoms. The molecule has 0 aliphatic carbocycles. The third kappa shape index (κ3) is 5.15. The quantitative estimate of drug-likeness (QED) is 0.551. The predicted molar refractivity (Wildman–Crippen MR) is 73.2 cm³/mol. The summed E-state index contributed by atoms with van der Waals surface area (Å²) in [5, 5.41) is 8.10. The first kappa shape index (κ1) is 13.9. The van der Waals surface area contributed by atoms with Crippen molar-refractivity contribution in [3.05, 3.63) is 35.0 Å². The molecule has 1 rings (SSSR count). The zero-order valence-corrected chi connectivity index (χ0v) is 11.1. The molecule has 4 heteroatoms. The van der Waals surface area contributed by atoms with Crippen molar-refractivity contribution in [3.8, 4) is 0 Å². The maximum atomic E-state index is 11.7. The zero-order valence-electron chi connectivity index (χ0n) is 10.2. The van der Waals surface area contributed by atoms with Crippen LogP contribution in [0.25, 0.3) is 0 Å². The van der Waals surface area contributed by atoms with E-state index < -0.39 is 0 Å². The van der Waals surface area contributed by atoms with Crippen molar-refractivity contribution in [3.63, 3.8) is 0 Å². The number of carbonyl (C=O) groups excluding carboxylic acids is 1. The van der Waals surface area contributed by atoms with Crippen molar-refractivity contribution in [1.82, 2.24) is 10.6 Å². The lowest BCUT2D eigenvalue weighted by Gasteiger charge is -2.16. The highest BCUT2D eigenvalue weighted by Gasteiger charge is 2.13. The van der Waals surface area contributed by atoms with Crippen LogP contribution in [0.3, 0.4) is 0 Å². The summed E-state index contributed by atoms with van der Waals surface area (Å²) in [4.78, 5) is 12.9. The van der Waals surface area contributed by atoms with Gasteiger partial charge in [-0.1, -0.05) is 25.5 Å². The standard InChI is InChI=1S/C13H20N2OS/c1-3-6-11(12-7-5-9-17-12)15-13(16)10-14-8-4-2/h4-5,7,9,11,14H,2-3,6,8,10H2,1H3,(H,15,16). The molecule has 0 fully saturated rings. The summed E-state index contributed by atoms with van der Waals surface area (Å²) in [5.74, 6) is 0.0405. The zero-order chi connectivity index (χ0) is 12.5. The number of nitrogens with one attached hydrogen (secondary N) is 2. The Hall–Kier alpha value is -1.13. The minimum absolute atomic E-state index is 0.0405. The van der Waals surface area contributed by atoms with E-state index in [4.69, 9.17) is 0 Å². The second-order valence-corrected chi connectivity index (χ2v) is 4.82. The highest BCUT2D eigenvalue weighted by Crippen LogP contribution is 2.22. The lowest BCUT2D eigenvalue weighted by Crippen LogP contribution is -2.36. The molecule has 1 aromatic rings. The summed E-state index contributed by atoms with van der Waals surface area (Å²) in [5.41, 5.74) is 0. The van der Waals surface area contributed by atoms with Crippen molar-refractivity contribution < 1.29 is 4.79 Å². The van der Waals surface area contributed by atoms with Crippen LogP contribution in [0.4, 0.5) is 0 Å². The van der Waals surface area contributed by atoms with E-state index >= 15 is 0 Å². The highest BCUT2D eigenvalue weighted by atomic mass is 32.1. The summed E-state index contributed by atoms with van der Waals surface area (Å²) in [6, 6.07) is 4.24. The molecular weight excluding hydrogens is 232 g/mol. The van der Waals surface area contributed by atoms with Crippen molar-refractivity contribution in [2.24, 2.45) is 0 Å². The summed E-state index contributed by atoms with van der Waals surface area (Å²) in [6.07, 6.45) is 3.78. The number of amides is 1. The topological polar surface area (TPSA) is 41.1 Å². The van der Waals surface area contributed by atoms with E-state index in [9.17, 15) is 4.79 Å². The minimum Gasteiger partial charge on any atom is -0.347 e. The molecule has 0 radical (unpaired) electrons. The SMILES string of the molecule is C=CCNCC(=O)NC(CCC)c1cccs1. The number of rotatable bonds is 8. The molecule has 0 aliphatic rings. The van der Waals surface area contributed by atoms with Gasteiger partial charge in [0.2, 0.25) is 5.91 Å². The Bertz CT molecular complexity index is 335. The van der Waals surface area contributed by atoms with Gasteiger partial charge in [0.25, 0.3) is 0 Å². The molecule has 2 N–H and O–H groups in total. The Morgan fingerprint density at radius 2 is 2.47 bits per heavy atom. The van der Waals surface area contributed by atoms with Gasteiger partial charge in [-0.25, -0.2) is 0 Å². The van der Waals surface area contributed by atoms with Gasteiger partial charge in [0.05, 0.1) is 12.6 Å². The lowest BCUT2D eigenvalue weighted by atomic mass is 10.1. The molecule has 1 atom stereocenters. The third-order valence-electron chi connectivity index (χ3n) is 2.37. The van der Waals surface area contributed by atoms with E-state index in [0.717, 1.165) is 12.8 Å². The summed E-state index contributed by atoms with van der Waals surface area (Å²) < 4.78 is 0. The van der Waals surface area contributed by atoms with Crippen molar-refractivity contribution in [2.45, 2.75) is 25.8 Å². The van der Waals surface area contributed by atoms with E-state index in [1.165, 1.54) is 4.88 Å². The molecule has 1 heterocycles. The molecule has 0 aliphatic heterocycles. The molecule has 0 saturated heterocycles. The van der Waals surface area contributed by atoms with E-state index in [0.29, 0.717) is 13.1 Å². The smallest absolute Gasteiger partial charge is 0.234 e. The van der Waals surface area contributed by atoms with E-state index in [2.05, 4.69) is 30.2 Å². The highest BCUT2D eigenvalue weighted by molar-refractivity contribution is 7.10. The normalized spacial score (nSPS) is 12.1. The number of thiophene rings is 1. The Morgan fingerprint density at radius 1 is 1.65 bits per heavy atom. The second-order valence-electron chi connectivity index (χ2n) is 3.84. The molecule has 1 unspecified atom stereocenters. The Kier molecular flexibility index (Phi) is 6.58. The van der Waals surface area contributed by atoms with Crippen LogP contribution in [-0.4, -0.2) is 19.0 Å². The van der Waals surface area contributed by atoms with Crippen LogP contribution in [-0.2, 0) is 4.79 Å². The number of hydrogen-bond donors (Lipinski definition) is 2. The van der Waals surface area contributed by atoms with Gasteiger partial charge < -0.3 is 10.6 Å². The molecule has 0 spiro atoms. The van der Waals surface area contributed by atoms with Crippen LogP contribution >= 0.6 is 11.3 Å². The average Bonchev–Trinajstić information content (AvgIpc) is 2.82. The molecule has 3 nitrogen and oxygen atoms in total. The molecule has 1 amide bonds. The lowest BCUT2D eigenvalue weighted by molar-refractivity contribution is -0.121. The Labute approximate surface area is 107 Å². The maximum absolute atomic E-state index is 11.7. The van der Waals surface area contributed by atoms with Gasteiger partial charge >= 0.3 is 0 Å². The maximum Gasteiger partial charge on any atom is 0.234 e. The molecule has 94 valence electrons. The molecular formula is C13H20N2OS. The first-order valence-corrected chi connectivity index (χ1v) is 6.80. The molecule has 1 aromatic heterocycles. The largest absolute Gasteiger partial charge is 0.347 e. The average molecular weight is 252 g/mol. The van der Waals surface area contributed by atoms with Crippen LogP contribution in [0.5, 0.6) is 0 Å². The van der Waals surface area contributed by atoms with Crippen LogP contribution in [0.2, 0.25) is 0 Å². The van der Waals surface area contributed by atoms with E-state index in [1.807, 2.05) is 11.4 Å². The summed E-state index contributed by atoms with van der Waals surface area (Å²) in [6.45, 7) is 6.73. The fourth-order valence-corrected chi connectivity index (χ4v) is 2.41. The van der Waals surface area contributed by atoms with E-state index in [1.54, 1.807) is 17.4 Å². The first-order chi connectivity index (χ1) is 8.27. The number of carbonyl (C=O) groups is 1. The van der Waals surface area contributed by atoms with Crippen molar-refractivity contribution in [1.29, 1.82) is 0 Å². The predicted octanol–water partition coefficient (Wildman–Crippen LogP) is 2.48. The Morgan fingerprint density at radius 3 is 3.06 bits per heavy atom. The van der Waals surface area contributed by atoms with Crippen molar-refractivity contribution in [2.75, 3.05) is 13.1 Å². The molecule has 0 aromatic carbocycles. The van der Waals surface area contributed by atoms with Gasteiger partial charge in [0.15, 0.2) is 0 Å². The molecule has 17 heavy (non-hydrogen) atoms. The summed E-state index contributed by atoms with van der Waals surface area (Å²) in [7, 11) is 0. The van der Waals surface area contributed by atoms with Gasteiger partial charge in [0, 0.05) is 11.4 Å². The third-order valence-corrected chi connectivity index (χ3v) is 3.36. The van der Waals surface area contributed by atoms with Crippen LogP contribution in [0.1, 0.15) is 30.7 Å². The van der Waals surface area contributed by atoms with Gasteiger partial charge in [-0.3, -0.25) is 4.79 Å².